The highest BCUT2D eigenvalue weighted by atomic mass is 19.1. The SMILES string of the molecule is Cc1cc(N2CC[C@@](C#N)(C3CC3)C2O)cc(C(=O)NCc2cc(F)cc(/C(C=N)=C/NC3CCCCO3)c2)n1. The molecule has 2 unspecified atom stereocenters. The number of nitrogens with one attached hydrogen (secondary N) is 3. The van der Waals surface area contributed by atoms with Crippen LogP contribution in [0.2, 0.25) is 0 Å². The lowest BCUT2D eigenvalue weighted by atomic mass is 9.82. The largest absolute Gasteiger partial charge is 0.372 e. The maximum absolute atomic E-state index is 14.5. The molecule has 4 N–H and O–H groups in total. The first kappa shape index (κ1) is 27.7. The molecule has 1 aromatic carbocycles. The summed E-state index contributed by atoms with van der Waals surface area (Å²) < 4.78 is 20.2. The van der Waals surface area contributed by atoms with Crippen molar-refractivity contribution < 1.29 is 19.0 Å². The first-order chi connectivity index (χ1) is 19.3. The van der Waals surface area contributed by atoms with Gasteiger partial charge < -0.3 is 30.8 Å². The molecular weight excluding hydrogens is 511 g/mol. The second kappa shape index (κ2) is 11.7. The van der Waals surface area contributed by atoms with Crippen molar-refractivity contribution in [2.75, 3.05) is 18.1 Å². The van der Waals surface area contributed by atoms with E-state index in [2.05, 4.69) is 21.7 Å². The Balaban J connectivity index is 1.27. The molecule has 1 aliphatic carbocycles. The zero-order valence-corrected chi connectivity index (χ0v) is 22.6. The van der Waals surface area contributed by atoms with Crippen LogP contribution in [0.4, 0.5) is 10.1 Å². The Hall–Kier alpha value is -3.81. The van der Waals surface area contributed by atoms with Gasteiger partial charge in [-0.05, 0) is 92.8 Å². The van der Waals surface area contributed by atoms with Crippen LogP contribution in [0.15, 0.2) is 36.5 Å². The van der Waals surface area contributed by atoms with E-state index in [9.17, 15) is 19.6 Å². The molecule has 3 heterocycles. The van der Waals surface area contributed by atoms with Gasteiger partial charge in [-0.25, -0.2) is 9.37 Å². The summed E-state index contributed by atoms with van der Waals surface area (Å²) >= 11 is 0. The average molecular weight is 547 g/mol. The quantitative estimate of drug-likeness (QED) is 0.349. The molecule has 2 aromatic rings. The van der Waals surface area contributed by atoms with Crippen molar-refractivity contribution >= 4 is 23.4 Å². The molecule has 0 radical (unpaired) electrons. The molecule has 1 aromatic heterocycles. The Bertz CT molecular complexity index is 1350. The highest BCUT2D eigenvalue weighted by Crippen LogP contribution is 2.53. The van der Waals surface area contributed by atoms with Gasteiger partial charge in [0.1, 0.15) is 29.4 Å². The number of hydrogen-bond acceptors (Lipinski definition) is 8. The number of aliphatic hydroxyl groups is 1. The molecule has 0 spiro atoms. The molecule has 2 saturated heterocycles. The molecule has 9 nitrogen and oxygen atoms in total. The van der Waals surface area contributed by atoms with Gasteiger partial charge in [-0.1, -0.05) is 0 Å². The molecule has 1 amide bonds. The number of aliphatic hydroxyl groups excluding tert-OH is 1. The van der Waals surface area contributed by atoms with Crippen LogP contribution in [-0.2, 0) is 11.3 Å². The van der Waals surface area contributed by atoms with Crippen LogP contribution in [0, 0.1) is 40.8 Å². The Morgan fingerprint density at radius 3 is 2.83 bits per heavy atom. The van der Waals surface area contributed by atoms with Gasteiger partial charge in [-0.15, -0.1) is 0 Å². The van der Waals surface area contributed by atoms with E-state index >= 15 is 0 Å². The molecule has 0 bridgehead atoms. The number of nitriles is 1. The van der Waals surface area contributed by atoms with E-state index in [-0.39, 0.29) is 24.4 Å². The highest BCUT2D eigenvalue weighted by Gasteiger charge is 2.56. The second-order valence-corrected chi connectivity index (χ2v) is 10.9. The zero-order chi connectivity index (χ0) is 28.3. The van der Waals surface area contributed by atoms with Crippen molar-refractivity contribution in [1.29, 1.82) is 10.7 Å². The third-order valence-corrected chi connectivity index (χ3v) is 8.04. The number of aromatic nitrogens is 1. The van der Waals surface area contributed by atoms with Crippen molar-refractivity contribution in [3.8, 4) is 6.07 Å². The van der Waals surface area contributed by atoms with Crippen LogP contribution in [0.5, 0.6) is 0 Å². The second-order valence-electron chi connectivity index (χ2n) is 10.9. The first-order valence-electron chi connectivity index (χ1n) is 13.8. The molecule has 5 rings (SSSR count). The lowest BCUT2D eigenvalue weighted by molar-refractivity contribution is 0.00348. The Labute approximate surface area is 233 Å². The third-order valence-electron chi connectivity index (χ3n) is 8.04. The number of carbonyl (C=O) groups excluding carboxylic acids is 1. The number of allylic oxidation sites excluding steroid dienone is 1. The predicted octanol–water partition coefficient (Wildman–Crippen LogP) is 4.01. The Morgan fingerprint density at radius 2 is 2.12 bits per heavy atom. The van der Waals surface area contributed by atoms with Crippen LogP contribution < -0.4 is 15.5 Å². The number of halogens is 1. The van der Waals surface area contributed by atoms with E-state index in [1.54, 1.807) is 36.2 Å². The van der Waals surface area contributed by atoms with Crippen LogP contribution in [0.3, 0.4) is 0 Å². The predicted molar refractivity (Wildman–Crippen MR) is 149 cm³/mol. The minimum Gasteiger partial charge on any atom is -0.372 e. The fourth-order valence-electron chi connectivity index (χ4n) is 5.71. The lowest BCUT2D eigenvalue weighted by Crippen LogP contribution is -2.40. The van der Waals surface area contributed by atoms with E-state index in [0.29, 0.717) is 47.7 Å². The minimum atomic E-state index is -0.941. The number of pyridine rings is 1. The van der Waals surface area contributed by atoms with Crippen molar-refractivity contribution in [3.63, 3.8) is 0 Å². The highest BCUT2D eigenvalue weighted by molar-refractivity contribution is 6.08. The summed E-state index contributed by atoms with van der Waals surface area (Å²) in [6.45, 7) is 3.04. The number of nitrogens with zero attached hydrogens (tertiary/aromatic N) is 3. The van der Waals surface area contributed by atoms with Crippen LogP contribution in [0.25, 0.3) is 5.57 Å². The van der Waals surface area contributed by atoms with Gasteiger partial charge in [0.2, 0.25) is 0 Å². The average Bonchev–Trinajstić information content (AvgIpc) is 3.75. The van der Waals surface area contributed by atoms with Crippen molar-refractivity contribution in [2.45, 2.75) is 64.4 Å². The topological polar surface area (TPSA) is 134 Å². The number of amides is 1. The molecule has 3 fully saturated rings. The Morgan fingerprint density at radius 1 is 1.30 bits per heavy atom. The number of anilines is 1. The van der Waals surface area contributed by atoms with E-state index in [4.69, 9.17) is 10.1 Å². The van der Waals surface area contributed by atoms with Crippen LogP contribution in [0.1, 0.15) is 65.8 Å². The van der Waals surface area contributed by atoms with Gasteiger partial charge in [0, 0.05) is 49.1 Å². The molecule has 2 aliphatic heterocycles. The molecule has 1 saturated carbocycles. The van der Waals surface area contributed by atoms with Gasteiger partial charge in [0.15, 0.2) is 0 Å². The van der Waals surface area contributed by atoms with Gasteiger partial charge in [0.25, 0.3) is 5.91 Å². The van der Waals surface area contributed by atoms with E-state index in [1.807, 2.05) is 0 Å². The number of aryl methyl sites for hydroxylation is 1. The maximum Gasteiger partial charge on any atom is 0.270 e. The van der Waals surface area contributed by atoms with Crippen molar-refractivity contribution in [1.82, 2.24) is 15.6 Å². The first-order valence-corrected chi connectivity index (χ1v) is 13.8. The van der Waals surface area contributed by atoms with Crippen LogP contribution in [-0.4, -0.2) is 47.8 Å². The molecular formula is C30H35FN6O3. The van der Waals surface area contributed by atoms with E-state index < -0.39 is 23.4 Å². The summed E-state index contributed by atoms with van der Waals surface area (Å²) in [6.07, 6.45) is 7.18. The summed E-state index contributed by atoms with van der Waals surface area (Å²) in [5, 5.41) is 34.7. The smallest absolute Gasteiger partial charge is 0.270 e. The number of carbonyl (C=O) groups is 1. The minimum absolute atomic E-state index is 0.0601. The van der Waals surface area contributed by atoms with E-state index in [1.165, 1.54) is 12.1 Å². The van der Waals surface area contributed by atoms with Gasteiger partial charge >= 0.3 is 0 Å². The van der Waals surface area contributed by atoms with Gasteiger partial charge in [-0.3, -0.25) is 4.79 Å². The summed E-state index contributed by atoms with van der Waals surface area (Å²) in [5.74, 6) is -0.699. The summed E-state index contributed by atoms with van der Waals surface area (Å²) in [5.41, 5.74) is 2.20. The fraction of sp³-hybridized carbons (Fsp3) is 0.467. The number of ether oxygens (including phenoxy) is 1. The number of rotatable bonds is 9. The van der Waals surface area contributed by atoms with Gasteiger partial charge in [-0.2, -0.15) is 5.26 Å². The van der Waals surface area contributed by atoms with Gasteiger partial charge in [0.05, 0.1) is 6.07 Å². The maximum atomic E-state index is 14.5. The molecule has 3 aliphatic rings. The molecule has 40 heavy (non-hydrogen) atoms. The summed E-state index contributed by atoms with van der Waals surface area (Å²) in [6, 6.07) is 10.2. The fourth-order valence-corrected chi connectivity index (χ4v) is 5.71. The van der Waals surface area contributed by atoms with E-state index in [0.717, 1.165) is 38.3 Å². The summed E-state index contributed by atoms with van der Waals surface area (Å²) in [4.78, 5) is 19.2. The van der Waals surface area contributed by atoms with Crippen LogP contribution >= 0.6 is 0 Å². The molecule has 10 heteroatoms. The standard InChI is InChI=1S/C30H35FN6O3/c1-19-10-25(37-8-7-30(18-33,29(37)39)23-5-6-23)14-26(36-19)28(38)35-16-20-11-21(13-24(31)12-20)22(15-32)17-34-27-4-2-3-9-40-27/h10-15,17,23,27,29,32,34,39H,2-9,16H2,1H3,(H,35,38)/b22-17+,32-15?/t27?,29?,30-/m1/s1. The van der Waals surface area contributed by atoms with Crippen molar-refractivity contribution in [3.05, 3.63) is 64.9 Å². The lowest BCUT2D eigenvalue weighted by Gasteiger charge is -2.30. The number of hydrogen-bond donors (Lipinski definition) is 4. The normalized spacial score (nSPS) is 24.9. The summed E-state index contributed by atoms with van der Waals surface area (Å²) in [7, 11) is 0. The molecule has 210 valence electrons. The number of benzene rings is 1. The zero-order valence-electron chi connectivity index (χ0n) is 22.6. The monoisotopic (exact) mass is 546 g/mol. The third kappa shape index (κ3) is 5.86. The molecule has 3 atom stereocenters. The Kier molecular flexibility index (Phi) is 8.14. The van der Waals surface area contributed by atoms with Crippen molar-refractivity contribution in [2.24, 2.45) is 11.3 Å².